The molecule has 1 aliphatic carbocycles. The molecule has 158 valence electrons. The van der Waals surface area contributed by atoms with Crippen molar-refractivity contribution in [3.8, 4) is 11.5 Å². The maximum atomic E-state index is 12.3. The van der Waals surface area contributed by atoms with Crippen molar-refractivity contribution in [1.29, 1.82) is 0 Å². The number of thiophene rings is 1. The maximum absolute atomic E-state index is 12.3. The third kappa shape index (κ3) is 4.28. The summed E-state index contributed by atoms with van der Waals surface area (Å²) in [6.07, 6.45) is 2.50. The number of ether oxygens (including phenoxy) is 2. The van der Waals surface area contributed by atoms with Crippen LogP contribution in [0.3, 0.4) is 0 Å². The van der Waals surface area contributed by atoms with Crippen molar-refractivity contribution >= 4 is 39.8 Å². The van der Waals surface area contributed by atoms with E-state index in [1.165, 1.54) is 31.6 Å². The van der Waals surface area contributed by atoms with Gasteiger partial charge < -0.3 is 19.9 Å². The number of phenolic OH excluding ortho intramolecular Hbond substituents is 1. The average Bonchev–Trinajstić information content (AvgIpc) is 3.32. The van der Waals surface area contributed by atoms with Crippen LogP contribution in [0, 0.1) is 0 Å². The minimum atomic E-state index is -0.982. The van der Waals surface area contributed by atoms with E-state index in [0.29, 0.717) is 21.8 Å². The number of esters is 1. The van der Waals surface area contributed by atoms with Gasteiger partial charge in [-0.25, -0.2) is 10.2 Å². The summed E-state index contributed by atoms with van der Waals surface area (Å²) in [7, 11) is 2.69. The minimum absolute atomic E-state index is 0.0262. The average molecular weight is 431 g/mol. The first kappa shape index (κ1) is 21.3. The molecule has 0 atom stereocenters. The lowest BCUT2D eigenvalue weighted by molar-refractivity contribution is -0.136. The first-order valence-electron chi connectivity index (χ1n) is 9.11. The number of benzene rings is 1. The number of aryl methyl sites for hydroxylation is 1. The van der Waals surface area contributed by atoms with E-state index in [4.69, 9.17) is 9.47 Å². The highest BCUT2D eigenvalue weighted by atomic mass is 32.1. The molecule has 0 saturated heterocycles. The Balaban J connectivity index is 1.71. The third-order valence-electron chi connectivity index (χ3n) is 4.67. The SMILES string of the molecule is COC(=O)c1c(NC(=O)C(=O)N/N=C(\C)c2ccc(O)c(OC)c2)sc2c1CCC2. The Bertz CT molecular complexity index is 1040. The summed E-state index contributed by atoms with van der Waals surface area (Å²) in [6, 6.07) is 4.58. The van der Waals surface area contributed by atoms with Gasteiger partial charge in [0.25, 0.3) is 0 Å². The molecule has 3 rings (SSSR count). The molecule has 1 heterocycles. The van der Waals surface area contributed by atoms with Crippen LogP contribution in [0.15, 0.2) is 23.3 Å². The van der Waals surface area contributed by atoms with Crippen LogP contribution in [0.1, 0.15) is 39.7 Å². The predicted octanol–water partition coefficient (Wildman–Crippen LogP) is 2.22. The standard InChI is InChI=1S/C20H21N3O6S/c1-10(11-7-8-13(24)14(9-11)28-2)22-23-18(26)17(25)21-19-16(20(27)29-3)12-5-4-6-15(12)30-19/h7-9,24H,4-6H2,1-3H3,(H,21,25)(H,23,26)/b22-10+. The molecule has 0 fully saturated rings. The minimum Gasteiger partial charge on any atom is -0.504 e. The van der Waals surface area contributed by atoms with Gasteiger partial charge in [-0.2, -0.15) is 5.10 Å². The lowest BCUT2D eigenvalue weighted by atomic mass is 10.1. The second kappa shape index (κ2) is 8.95. The zero-order valence-electron chi connectivity index (χ0n) is 16.7. The van der Waals surface area contributed by atoms with Crippen molar-refractivity contribution in [1.82, 2.24) is 5.43 Å². The Morgan fingerprint density at radius 2 is 1.93 bits per heavy atom. The van der Waals surface area contributed by atoms with E-state index in [1.54, 1.807) is 19.1 Å². The number of aromatic hydroxyl groups is 1. The molecule has 0 bridgehead atoms. The second-order valence-electron chi connectivity index (χ2n) is 6.53. The first-order chi connectivity index (χ1) is 14.3. The van der Waals surface area contributed by atoms with Crippen LogP contribution < -0.4 is 15.5 Å². The van der Waals surface area contributed by atoms with E-state index < -0.39 is 17.8 Å². The van der Waals surface area contributed by atoms with Crippen molar-refractivity contribution in [2.24, 2.45) is 5.10 Å². The van der Waals surface area contributed by atoms with Crippen molar-refractivity contribution in [3.05, 3.63) is 39.8 Å². The van der Waals surface area contributed by atoms with Crippen LogP contribution in [0.5, 0.6) is 11.5 Å². The van der Waals surface area contributed by atoms with Crippen LogP contribution in [0.4, 0.5) is 5.00 Å². The van der Waals surface area contributed by atoms with Crippen LogP contribution in [-0.4, -0.2) is 42.8 Å². The Morgan fingerprint density at radius 1 is 1.17 bits per heavy atom. The van der Waals surface area contributed by atoms with E-state index in [2.05, 4.69) is 15.8 Å². The van der Waals surface area contributed by atoms with Gasteiger partial charge in [-0.15, -0.1) is 11.3 Å². The molecule has 1 aromatic carbocycles. The molecule has 30 heavy (non-hydrogen) atoms. The topological polar surface area (TPSA) is 126 Å². The van der Waals surface area contributed by atoms with Gasteiger partial charge in [0.15, 0.2) is 11.5 Å². The van der Waals surface area contributed by atoms with Crippen LogP contribution in [-0.2, 0) is 27.2 Å². The fourth-order valence-electron chi connectivity index (χ4n) is 3.12. The van der Waals surface area contributed by atoms with Crippen LogP contribution in [0.2, 0.25) is 0 Å². The van der Waals surface area contributed by atoms with Gasteiger partial charge in [-0.05, 0) is 49.9 Å². The summed E-state index contributed by atoms with van der Waals surface area (Å²) < 4.78 is 9.86. The summed E-state index contributed by atoms with van der Waals surface area (Å²) >= 11 is 1.28. The van der Waals surface area contributed by atoms with Gasteiger partial charge >= 0.3 is 17.8 Å². The van der Waals surface area contributed by atoms with Gasteiger partial charge in [0.1, 0.15) is 5.00 Å². The van der Waals surface area contributed by atoms with Gasteiger partial charge in [0.2, 0.25) is 0 Å². The first-order valence-corrected chi connectivity index (χ1v) is 9.93. The summed E-state index contributed by atoms with van der Waals surface area (Å²) in [5, 5.41) is 16.4. The number of carbonyl (C=O) groups is 3. The van der Waals surface area contributed by atoms with Gasteiger partial charge in [-0.3, -0.25) is 9.59 Å². The monoisotopic (exact) mass is 431 g/mol. The van der Waals surface area contributed by atoms with Crippen molar-refractivity contribution in [3.63, 3.8) is 0 Å². The predicted molar refractivity (Wildman–Crippen MR) is 111 cm³/mol. The molecule has 2 amide bonds. The molecule has 3 N–H and O–H groups in total. The number of methoxy groups -OCH3 is 2. The molecule has 0 saturated carbocycles. The molecule has 0 unspecified atom stereocenters. The molecule has 0 radical (unpaired) electrons. The number of anilines is 1. The quantitative estimate of drug-likeness (QED) is 0.288. The highest BCUT2D eigenvalue weighted by Crippen LogP contribution is 2.39. The molecule has 9 nitrogen and oxygen atoms in total. The number of nitrogens with zero attached hydrogens (tertiary/aromatic N) is 1. The van der Waals surface area contributed by atoms with Crippen LogP contribution in [0.25, 0.3) is 0 Å². The van der Waals surface area contributed by atoms with Gasteiger partial charge in [-0.1, -0.05) is 0 Å². The highest BCUT2D eigenvalue weighted by molar-refractivity contribution is 7.17. The van der Waals surface area contributed by atoms with Crippen molar-refractivity contribution < 1.29 is 29.0 Å². The Kier molecular flexibility index (Phi) is 6.36. The number of rotatable bonds is 5. The summed E-state index contributed by atoms with van der Waals surface area (Å²) in [4.78, 5) is 37.6. The van der Waals surface area contributed by atoms with E-state index in [1.807, 2.05) is 0 Å². The fraction of sp³-hybridized carbons (Fsp3) is 0.300. The van der Waals surface area contributed by atoms with Crippen molar-refractivity contribution in [2.45, 2.75) is 26.2 Å². The molecule has 2 aromatic rings. The fourth-order valence-corrected chi connectivity index (χ4v) is 4.40. The van der Waals surface area contributed by atoms with E-state index in [0.717, 1.165) is 29.7 Å². The summed E-state index contributed by atoms with van der Waals surface area (Å²) in [5.74, 6) is -2.24. The summed E-state index contributed by atoms with van der Waals surface area (Å²) in [6.45, 7) is 1.63. The Hall–Kier alpha value is -3.40. The van der Waals surface area contributed by atoms with Crippen LogP contribution >= 0.6 is 11.3 Å². The number of phenols is 1. The largest absolute Gasteiger partial charge is 0.504 e. The zero-order valence-corrected chi connectivity index (χ0v) is 17.5. The number of amides is 2. The van der Waals surface area contributed by atoms with Gasteiger partial charge in [0, 0.05) is 10.4 Å². The van der Waals surface area contributed by atoms with Gasteiger partial charge in [0.05, 0.1) is 25.5 Å². The highest BCUT2D eigenvalue weighted by Gasteiger charge is 2.29. The normalized spacial score (nSPS) is 12.8. The molecule has 0 aliphatic heterocycles. The Morgan fingerprint density at radius 3 is 2.63 bits per heavy atom. The van der Waals surface area contributed by atoms with E-state index in [9.17, 15) is 19.5 Å². The second-order valence-corrected chi connectivity index (χ2v) is 7.64. The number of hydrogen-bond acceptors (Lipinski definition) is 8. The molecule has 10 heteroatoms. The Labute approximate surface area is 176 Å². The lowest BCUT2D eigenvalue weighted by Gasteiger charge is -2.08. The number of nitrogens with one attached hydrogen (secondary N) is 2. The molecular weight excluding hydrogens is 410 g/mol. The molecule has 1 aromatic heterocycles. The lowest BCUT2D eigenvalue weighted by Crippen LogP contribution is -2.33. The maximum Gasteiger partial charge on any atom is 0.341 e. The number of carbonyl (C=O) groups excluding carboxylic acids is 3. The summed E-state index contributed by atoms with van der Waals surface area (Å²) in [5.41, 5.74) is 4.37. The van der Waals surface area contributed by atoms with E-state index >= 15 is 0 Å². The molecular formula is C20H21N3O6S. The number of hydrazone groups is 1. The zero-order chi connectivity index (χ0) is 21.8. The molecule has 0 spiro atoms. The number of fused-ring (bicyclic) bond motifs is 1. The number of hydrogen-bond donors (Lipinski definition) is 3. The third-order valence-corrected chi connectivity index (χ3v) is 5.87. The van der Waals surface area contributed by atoms with Crippen molar-refractivity contribution in [2.75, 3.05) is 19.5 Å². The van der Waals surface area contributed by atoms with E-state index in [-0.39, 0.29) is 11.5 Å². The molecule has 1 aliphatic rings. The smallest absolute Gasteiger partial charge is 0.341 e.